The molecular weight excluding hydrogens is 500 g/mol. The number of benzene rings is 3. The van der Waals surface area contributed by atoms with E-state index >= 15 is 0 Å². The maximum Gasteiger partial charge on any atom is 0.227 e. The van der Waals surface area contributed by atoms with Gasteiger partial charge in [0.15, 0.2) is 17.1 Å². The molecule has 0 aliphatic rings. The second-order valence-electron chi connectivity index (χ2n) is 6.16. The van der Waals surface area contributed by atoms with Crippen molar-refractivity contribution < 1.29 is 14.3 Å². The number of phenols is 1. The number of fused-ring (bicyclic) bond motifs is 1. The van der Waals surface area contributed by atoms with E-state index < -0.39 is 0 Å². The van der Waals surface area contributed by atoms with E-state index in [1.165, 1.54) is 0 Å². The molecule has 3 aromatic carbocycles. The van der Waals surface area contributed by atoms with Gasteiger partial charge in [-0.15, -0.1) is 0 Å². The lowest BCUT2D eigenvalue weighted by Gasteiger charge is -2.11. The minimum Gasteiger partial charge on any atom is -0.504 e. The minimum absolute atomic E-state index is 0.0285. The zero-order chi connectivity index (χ0) is 20.4. The largest absolute Gasteiger partial charge is 0.504 e. The monoisotopic (exact) mass is 514 g/mol. The predicted octanol–water partition coefficient (Wildman–Crippen LogP) is 6.87. The molecule has 0 spiro atoms. The van der Waals surface area contributed by atoms with Gasteiger partial charge in [0, 0.05) is 20.7 Å². The van der Waals surface area contributed by atoms with Crippen molar-refractivity contribution >= 4 is 54.9 Å². The normalized spacial score (nSPS) is 11.4. The smallest absolute Gasteiger partial charge is 0.227 e. The van der Waals surface area contributed by atoms with Gasteiger partial charge in [0.2, 0.25) is 5.89 Å². The number of aliphatic imine (C=N–C) groups is 1. The Balaban J connectivity index is 1.69. The standard InChI is InChI=1S/C22H16Br2N2O3/c1-2-28-19-11-16(23)20(24)15(21(19)27)12-25-14-7-5-6-13(10-14)22-26-17-8-3-4-9-18(17)29-22/h3-12,27H,2H2,1H3. The summed E-state index contributed by atoms with van der Waals surface area (Å²) in [6.07, 6.45) is 1.60. The van der Waals surface area contributed by atoms with Crippen LogP contribution in [0.1, 0.15) is 12.5 Å². The molecule has 0 radical (unpaired) electrons. The van der Waals surface area contributed by atoms with Crippen molar-refractivity contribution in [1.82, 2.24) is 4.98 Å². The lowest BCUT2D eigenvalue weighted by Crippen LogP contribution is -1.95. The van der Waals surface area contributed by atoms with Gasteiger partial charge in [-0.1, -0.05) is 18.2 Å². The Kier molecular flexibility index (Phi) is 5.69. The molecule has 1 aromatic heterocycles. The molecule has 0 saturated heterocycles. The predicted molar refractivity (Wildman–Crippen MR) is 121 cm³/mol. The zero-order valence-corrected chi connectivity index (χ0v) is 18.6. The number of phenolic OH excluding ortho intramolecular Hbond substituents is 1. The van der Waals surface area contributed by atoms with Crippen LogP contribution in [0.3, 0.4) is 0 Å². The van der Waals surface area contributed by atoms with Crippen LogP contribution in [-0.2, 0) is 0 Å². The SMILES string of the molecule is CCOc1cc(Br)c(Br)c(C=Nc2cccc(-c3nc4ccccc4o3)c2)c1O. The highest BCUT2D eigenvalue weighted by Crippen LogP contribution is 2.40. The average molecular weight is 516 g/mol. The number of rotatable bonds is 5. The van der Waals surface area contributed by atoms with Crippen LogP contribution < -0.4 is 4.74 Å². The van der Waals surface area contributed by atoms with Gasteiger partial charge in [-0.05, 0) is 75.2 Å². The summed E-state index contributed by atoms with van der Waals surface area (Å²) >= 11 is 6.95. The first-order valence-electron chi connectivity index (χ1n) is 8.90. The first-order chi connectivity index (χ1) is 14.1. The third-order valence-corrected chi connectivity index (χ3v) is 6.23. The fraction of sp³-hybridized carbons (Fsp3) is 0.0909. The molecule has 0 amide bonds. The fourth-order valence-corrected chi connectivity index (χ4v) is 3.68. The molecule has 4 rings (SSSR count). The summed E-state index contributed by atoms with van der Waals surface area (Å²) in [6, 6.07) is 16.9. The number of aromatic hydroxyl groups is 1. The van der Waals surface area contributed by atoms with Crippen LogP contribution >= 0.6 is 31.9 Å². The van der Waals surface area contributed by atoms with Crippen molar-refractivity contribution in [3.8, 4) is 23.0 Å². The van der Waals surface area contributed by atoms with Crippen molar-refractivity contribution in [2.45, 2.75) is 6.92 Å². The van der Waals surface area contributed by atoms with Crippen LogP contribution in [0.15, 0.2) is 73.0 Å². The minimum atomic E-state index is 0.0285. The van der Waals surface area contributed by atoms with Gasteiger partial charge in [0.25, 0.3) is 0 Å². The van der Waals surface area contributed by atoms with Crippen molar-refractivity contribution in [1.29, 1.82) is 0 Å². The summed E-state index contributed by atoms with van der Waals surface area (Å²) in [6.45, 7) is 2.31. The van der Waals surface area contributed by atoms with Crippen molar-refractivity contribution in [3.63, 3.8) is 0 Å². The van der Waals surface area contributed by atoms with Crippen LogP contribution in [0.5, 0.6) is 11.5 Å². The highest BCUT2D eigenvalue weighted by molar-refractivity contribution is 9.13. The van der Waals surface area contributed by atoms with E-state index in [0.717, 1.165) is 21.1 Å². The maximum atomic E-state index is 10.5. The Labute approximate surface area is 184 Å². The molecule has 0 bridgehead atoms. The van der Waals surface area contributed by atoms with E-state index in [1.54, 1.807) is 12.3 Å². The van der Waals surface area contributed by atoms with E-state index in [2.05, 4.69) is 41.8 Å². The highest BCUT2D eigenvalue weighted by atomic mass is 79.9. The van der Waals surface area contributed by atoms with Gasteiger partial charge in [0.1, 0.15) is 5.52 Å². The third kappa shape index (κ3) is 4.06. The Morgan fingerprint density at radius 2 is 1.97 bits per heavy atom. The molecule has 0 aliphatic carbocycles. The van der Waals surface area contributed by atoms with Crippen LogP contribution in [-0.4, -0.2) is 22.9 Å². The molecule has 1 heterocycles. The number of hydrogen-bond donors (Lipinski definition) is 1. The first kappa shape index (κ1) is 19.7. The molecule has 5 nitrogen and oxygen atoms in total. The molecule has 29 heavy (non-hydrogen) atoms. The van der Waals surface area contributed by atoms with Crippen LogP contribution in [0.25, 0.3) is 22.6 Å². The summed E-state index contributed by atoms with van der Waals surface area (Å²) in [5, 5.41) is 10.5. The Hall–Kier alpha value is -2.64. The van der Waals surface area contributed by atoms with Gasteiger partial charge >= 0.3 is 0 Å². The van der Waals surface area contributed by atoms with Crippen molar-refractivity contribution in [2.75, 3.05) is 6.61 Å². The lowest BCUT2D eigenvalue weighted by atomic mass is 10.2. The molecular formula is C22H16Br2N2O3. The highest BCUT2D eigenvalue weighted by Gasteiger charge is 2.15. The van der Waals surface area contributed by atoms with Gasteiger partial charge < -0.3 is 14.3 Å². The topological polar surface area (TPSA) is 67.9 Å². The summed E-state index contributed by atoms with van der Waals surface area (Å²) in [7, 11) is 0. The van der Waals surface area contributed by atoms with E-state index in [4.69, 9.17) is 9.15 Å². The molecule has 0 fully saturated rings. The summed E-state index contributed by atoms with van der Waals surface area (Å²) in [5.41, 5.74) is 3.60. The molecule has 0 unspecified atom stereocenters. The van der Waals surface area contributed by atoms with E-state index in [1.807, 2.05) is 55.5 Å². The zero-order valence-electron chi connectivity index (χ0n) is 15.4. The van der Waals surface area contributed by atoms with Crippen LogP contribution in [0.2, 0.25) is 0 Å². The average Bonchev–Trinajstić information content (AvgIpc) is 3.17. The Morgan fingerprint density at radius 3 is 2.76 bits per heavy atom. The number of hydrogen-bond acceptors (Lipinski definition) is 5. The van der Waals surface area contributed by atoms with E-state index in [-0.39, 0.29) is 5.75 Å². The summed E-state index contributed by atoms with van der Waals surface area (Å²) in [4.78, 5) is 9.05. The molecule has 4 aromatic rings. The van der Waals surface area contributed by atoms with Gasteiger partial charge in [0.05, 0.1) is 17.9 Å². The van der Waals surface area contributed by atoms with Crippen LogP contribution in [0, 0.1) is 0 Å². The second kappa shape index (κ2) is 8.39. The van der Waals surface area contributed by atoms with Gasteiger partial charge in [-0.25, -0.2) is 4.98 Å². The quantitative estimate of drug-likeness (QED) is 0.294. The number of nitrogens with zero attached hydrogens (tertiary/aromatic N) is 2. The number of halogens is 2. The maximum absolute atomic E-state index is 10.5. The molecule has 146 valence electrons. The number of oxazole rings is 1. The molecule has 0 saturated carbocycles. The van der Waals surface area contributed by atoms with Crippen molar-refractivity contribution in [2.24, 2.45) is 4.99 Å². The van der Waals surface area contributed by atoms with Gasteiger partial charge in [-0.3, -0.25) is 4.99 Å². The second-order valence-corrected chi connectivity index (χ2v) is 7.81. The Bertz CT molecular complexity index is 1190. The molecule has 0 atom stereocenters. The molecule has 1 N–H and O–H groups in total. The fourth-order valence-electron chi connectivity index (χ4n) is 2.85. The molecule has 7 heteroatoms. The number of aromatic nitrogens is 1. The Morgan fingerprint density at radius 1 is 1.14 bits per heavy atom. The lowest BCUT2D eigenvalue weighted by molar-refractivity contribution is 0.317. The van der Waals surface area contributed by atoms with Gasteiger partial charge in [-0.2, -0.15) is 0 Å². The summed E-state index contributed by atoms with van der Waals surface area (Å²) < 4.78 is 12.8. The number of ether oxygens (including phenoxy) is 1. The third-order valence-electron chi connectivity index (χ3n) is 4.22. The van der Waals surface area contributed by atoms with E-state index in [0.29, 0.717) is 34.0 Å². The molecule has 0 aliphatic heterocycles. The first-order valence-corrected chi connectivity index (χ1v) is 10.5. The number of para-hydroxylation sites is 2. The van der Waals surface area contributed by atoms with Crippen LogP contribution in [0.4, 0.5) is 5.69 Å². The van der Waals surface area contributed by atoms with Crippen molar-refractivity contribution in [3.05, 3.63) is 69.1 Å². The summed E-state index contributed by atoms with van der Waals surface area (Å²) in [5.74, 6) is 0.957. The van der Waals surface area contributed by atoms with E-state index in [9.17, 15) is 5.11 Å².